The van der Waals surface area contributed by atoms with Gasteiger partial charge in [0.15, 0.2) is 0 Å². The minimum atomic E-state index is -3.96. The van der Waals surface area contributed by atoms with Gasteiger partial charge in [-0.3, -0.25) is 66.8 Å². The van der Waals surface area contributed by atoms with Gasteiger partial charge in [-0.15, -0.1) is 0 Å². The molecule has 2 saturated carbocycles. The molecule has 0 bridgehead atoms. The van der Waals surface area contributed by atoms with E-state index in [1.54, 1.807) is 18.6 Å². The van der Waals surface area contributed by atoms with E-state index in [2.05, 4.69) is 26.1 Å². The van der Waals surface area contributed by atoms with E-state index in [-0.39, 0.29) is 69.3 Å². The highest BCUT2D eigenvalue weighted by atomic mass is 32.2. The van der Waals surface area contributed by atoms with Gasteiger partial charge in [0.05, 0.1) is 41.6 Å². The lowest BCUT2D eigenvalue weighted by Crippen LogP contribution is -2.41. The van der Waals surface area contributed by atoms with Crippen molar-refractivity contribution in [1.82, 2.24) is 5.32 Å². The second kappa shape index (κ2) is 51.5. The second-order valence-electron chi connectivity index (χ2n) is 23.5. The third-order valence-corrected chi connectivity index (χ3v) is 20.8. The quantitative estimate of drug-likeness (QED) is 0.0234. The fourth-order valence-electron chi connectivity index (χ4n) is 10.3. The molecule has 2 aliphatic carbocycles. The molecule has 0 aliphatic heterocycles. The molecule has 528 valence electrons. The Labute approximate surface area is 556 Å². The van der Waals surface area contributed by atoms with Crippen LogP contribution in [0.1, 0.15) is 216 Å². The van der Waals surface area contributed by atoms with E-state index in [1.165, 1.54) is 82.3 Å². The first-order valence-electron chi connectivity index (χ1n) is 32.2. The number of carbonyl (C=O) groups is 10. The van der Waals surface area contributed by atoms with Gasteiger partial charge in [0.2, 0.25) is 21.5 Å². The molecule has 1 aromatic carbocycles. The maximum absolute atomic E-state index is 12.3. The number of ketones is 9. The van der Waals surface area contributed by atoms with Gasteiger partial charge in [0.25, 0.3) is 0 Å². The number of sulfone groups is 1. The molecule has 1 aromatic heterocycles. The number of hydrogen-bond donors (Lipinski definition) is 1. The first-order valence-corrected chi connectivity index (χ1v) is 37.4. The van der Waals surface area contributed by atoms with Gasteiger partial charge < -0.3 is 18.8 Å². The van der Waals surface area contributed by atoms with Crippen LogP contribution < -0.4 is 5.32 Å². The van der Waals surface area contributed by atoms with Gasteiger partial charge in [-0.05, 0) is 143 Å². The second-order valence-corrected chi connectivity index (χ2v) is 29.6. The molecular weight excluding hydrogens is 1260 g/mol. The summed E-state index contributed by atoms with van der Waals surface area (Å²) in [4.78, 5) is 121. The zero-order valence-corrected chi connectivity index (χ0v) is 60.8. The molecule has 25 heteroatoms. The summed E-state index contributed by atoms with van der Waals surface area (Å²) in [7, 11) is -5.51. The van der Waals surface area contributed by atoms with Crippen LogP contribution in [0.4, 0.5) is 0 Å². The molecule has 6 unspecified atom stereocenters. The Morgan fingerprint density at radius 3 is 1.48 bits per heavy atom. The molecule has 2 fully saturated rings. The number of amides is 1. The van der Waals surface area contributed by atoms with Crippen molar-refractivity contribution in [2.45, 2.75) is 234 Å². The van der Waals surface area contributed by atoms with Crippen molar-refractivity contribution in [1.29, 1.82) is 5.26 Å². The summed E-state index contributed by atoms with van der Waals surface area (Å²) < 4.78 is 60.5. The smallest absolute Gasteiger partial charge is 0.367 e. The van der Waals surface area contributed by atoms with Crippen molar-refractivity contribution in [3.63, 3.8) is 0 Å². The van der Waals surface area contributed by atoms with Crippen molar-refractivity contribution in [2.24, 2.45) is 35.5 Å². The zero-order valence-electron chi connectivity index (χ0n) is 58.3. The van der Waals surface area contributed by atoms with Crippen LogP contribution in [-0.2, 0) is 95.0 Å². The highest BCUT2D eigenvalue weighted by Gasteiger charge is 2.45. The van der Waals surface area contributed by atoms with Crippen molar-refractivity contribution in [3.8, 4) is 6.07 Å². The standard InChI is InChI=1S/C12H23NO2.C12H14O2.C11H21O4P.C9H15NO5S.C9H9NO2.C8H16O2S.C7H12O2/c1-4-6-8-11(10(3)14)12(15)13-9-7-5-2;1-9(13)12(10(2)14)8-11-6-4-3-5-7-11;1-9(12)11(16(13,14-2)15-3)10-7-5-4-6-8-10;1-16(14,15)9(10(12)13)8(11)7-5-3-2-4-6-7;1-7(11)9(5-10)4-8-2-3-12-6-8;1-4-5-6-8(7(2)9)11(3)10;1-4-7(5(2)8)6(3)9/h11H,4-9H2,1-3H3,(H,13,15);3-7,12H,8H2,1-2H3;10-11H,4-8H2,1-3H3;7,9H,2-6H2,1H3;2-3,6,9H,4H2,1H3;8H,4-6H2,1-3H3;7H,4H2,1-3H3. The van der Waals surface area contributed by atoms with E-state index in [0.717, 1.165) is 107 Å². The number of nitrogens with zero attached hydrogens (tertiary/aromatic N) is 2. The maximum Gasteiger partial charge on any atom is 0.367 e. The molecule has 4 rings (SSSR count). The number of benzene rings is 1. The molecule has 0 radical (unpaired) electrons. The predicted molar refractivity (Wildman–Crippen MR) is 362 cm³/mol. The fourth-order valence-corrected chi connectivity index (χ4v) is 14.0. The highest BCUT2D eigenvalue weighted by Crippen LogP contribution is 2.56. The van der Waals surface area contributed by atoms with Crippen LogP contribution in [0.5, 0.6) is 0 Å². The first kappa shape index (κ1) is 91.3. The Kier molecular flexibility index (Phi) is 50.6. The molecule has 22 nitrogen and oxygen atoms in total. The molecule has 0 saturated heterocycles. The lowest BCUT2D eigenvalue weighted by Gasteiger charge is -2.31. The first-order chi connectivity index (χ1) is 43.5. The number of rotatable bonds is 32. The number of nitro groups is 1. The van der Waals surface area contributed by atoms with Crippen molar-refractivity contribution in [2.75, 3.05) is 33.3 Å². The maximum atomic E-state index is 12.3. The number of hydrogen-bond acceptors (Lipinski definition) is 20. The fraction of sp³-hybridized carbons (Fsp3) is 0.691. The average molecular weight is 1370 g/mol. The number of nitriles is 1. The van der Waals surface area contributed by atoms with E-state index in [1.807, 2.05) is 43.3 Å². The number of Topliss-reactive ketones (excluding diaryl/α,β-unsaturated/α-hetero) is 9. The van der Waals surface area contributed by atoms with Crippen molar-refractivity contribution in [3.05, 3.63) is 70.2 Å². The summed E-state index contributed by atoms with van der Waals surface area (Å²) in [6.45, 7) is 20.5. The van der Waals surface area contributed by atoms with E-state index in [9.17, 15) is 75.3 Å². The van der Waals surface area contributed by atoms with Gasteiger partial charge in [-0.25, -0.2) is 8.42 Å². The minimum Gasteiger partial charge on any atom is -0.472 e. The monoisotopic (exact) mass is 1370 g/mol. The molecule has 2 aromatic rings. The Bertz CT molecular complexity index is 2780. The van der Waals surface area contributed by atoms with Crippen LogP contribution in [0.25, 0.3) is 0 Å². The van der Waals surface area contributed by atoms with Crippen LogP contribution >= 0.6 is 7.60 Å². The van der Waals surface area contributed by atoms with E-state index >= 15 is 0 Å². The van der Waals surface area contributed by atoms with Gasteiger partial charge in [-0.1, -0.05) is 129 Å². The molecule has 2 aliphatic rings. The van der Waals surface area contributed by atoms with Crippen molar-refractivity contribution >= 4 is 86.2 Å². The third-order valence-electron chi connectivity index (χ3n) is 15.7. The summed E-state index contributed by atoms with van der Waals surface area (Å²) in [6.07, 6.45) is 23.6. The molecule has 6 atom stereocenters. The minimum absolute atomic E-state index is 0.0163. The summed E-state index contributed by atoms with van der Waals surface area (Å²) in [5.41, 5.74) is 1.34. The lowest BCUT2D eigenvalue weighted by atomic mass is 9.85. The Balaban J connectivity index is -0.00000102. The largest absolute Gasteiger partial charge is 0.472 e. The summed E-state index contributed by atoms with van der Waals surface area (Å²) >= 11 is 0. The zero-order chi connectivity index (χ0) is 72.0. The molecule has 0 spiro atoms. The van der Waals surface area contributed by atoms with Crippen molar-refractivity contribution < 1.29 is 83.5 Å². The Hall–Kier alpha value is -5.86. The van der Waals surface area contributed by atoms with Crippen LogP contribution in [-0.4, -0.2) is 125 Å². The topological polar surface area (TPSA) is 350 Å². The molecule has 1 heterocycles. The van der Waals surface area contributed by atoms with Gasteiger partial charge in [0.1, 0.15) is 57.8 Å². The van der Waals surface area contributed by atoms with E-state index in [0.29, 0.717) is 45.1 Å². The summed E-state index contributed by atoms with van der Waals surface area (Å²) in [5, 5.41) is 19.7. The highest BCUT2D eigenvalue weighted by molar-refractivity contribution is 7.91. The number of carbonyl (C=O) groups excluding carboxylic acids is 10. The van der Waals surface area contributed by atoms with Crippen LogP contribution in [0.15, 0.2) is 53.3 Å². The Morgan fingerprint density at radius 1 is 0.667 bits per heavy atom. The normalized spacial score (nSPS) is 14.9. The average Bonchev–Trinajstić information content (AvgIpc) is 1.23. The van der Waals surface area contributed by atoms with Gasteiger partial charge >= 0.3 is 13.0 Å². The van der Waals surface area contributed by atoms with Crippen LogP contribution in [0.3, 0.4) is 0 Å². The van der Waals surface area contributed by atoms with Crippen LogP contribution in [0.2, 0.25) is 0 Å². The number of furan rings is 1. The van der Waals surface area contributed by atoms with Gasteiger partial charge in [-0.2, -0.15) is 5.26 Å². The molecule has 1 N–H and O–H groups in total. The third kappa shape index (κ3) is 39.6. The molecular formula is C68H110N3O19PS2. The van der Waals surface area contributed by atoms with Crippen LogP contribution in [0, 0.1) is 57.0 Å². The van der Waals surface area contributed by atoms with Gasteiger partial charge in [0, 0.05) is 54.9 Å². The SMILES string of the molecule is CC(=O)C(C#N)Cc1ccoc1.CC(=O)C(Cc1ccccc1)C(C)=O.CCC(C(C)=O)C(C)=O.CCCCC(C(C)=O)S(C)=O.CCCCNC(=O)C(CCCC)C(C)=O.COP(=O)(OC)C(C(C)=O)C1CCCCC1.CS(=O)(=O)C(C(=O)C1CCCCC1)[N+](=O)[O-]. The summed E-state index contributed by atoms with van der Waals surface area (Å²) in [6, 6.07) is 13.3. The molecule has 93 heavy (non-hydrogen) atoms. The van der Waals surface area contributed by atoms with E-state index < -0.39 is 73.6 Å². The number of nitrogens with one attached hydrogen (secondary N) is 1. The predicted octanol–water partition coefficient (Wildman–Crippen LogP) is 12.4. The summed E-state index contributed by atoms with van der Waals surface area (Å²) in [5.74, 6) is -3.24. The Morgan fingerprint density at radius 2 is 1.14 bits per heavy atom. The lowest BCUT2D eigenvalue weighted by molar-refractivity contribution is -0.484. The number of unbranched alkanes of at least 4 members (excludes halogenated alkanes) is 3. The molecule has 1 amide bonds. The van der Waals surface area contributed by atoms with E-state index in [4.69, 9.17) is 18.7 Å².